The maximum atomic E-state index is 14.2. The SMILES string of the molecule is CCSC(SCC)[C@@H]1CC(F)CC1C(=O)c1cc(OC)c(O)cc1[N+](=O)[O-]. The zero-order valence-electron chi connectivity index (χ0n) is 15.5. The Kier molecular flexibility index (Phi) is 7.79. The summed E-state index contributed by atoms with van der Waals surface area (Å²) in [5.74, 6) is -0.00883. The first-order valence-corrected chi connectivity index (χ1v) is 10.9. The Hall–Kier alpha value is -1.48. The quantitative estimate of drug-likeness (QED) is 0.270. The van der Waals surface area contributed by atoms with Crippen molar-refractivity contribution in [3.05, 3.63) is 27.8 Å². The van der Waals surface area contributed by atoms with Crippen molar-refractivity contribution in [2.45, 2.75) is 37.4 Å². The van der Waals surface area contributed by atoms with Crippen LogP contribution in [0.25, 0.3) is 0 Å². The van der Waals surface area contributed by atoms with Crippen molar-refractivity contribution in [1.29, 1.82) is 0 Å². The van der Waals surface area contributed by atoms with Crippen LogP contribution in [0.3, 0.4) is 0 Å². The zero-order valence-corrected chi connectivity index (χ0v) is 17.1. The molecule has 2 rings (SSSR count). The molecule has 0 radical (unpaired) electrons. The molecule has 27 heavy (non-hydrogen) atoms. The monoisotopic (exact) mass is 417 g/mol. The minimum absolute atomic E-state index is 0.0160. The first-order chi connectivity index (χ1) is 12.8. The van der Waals surface area contributed by atoms with E-state index in [2.05, 4.69) is 0 Å². The van der Waals surface area contributed by atoms with Crippen LogP contribution >= 0.6 is 23.5 Å². The molecule has 0 bridgehead atoms. The summed E-state index contributed by atoms with van der Waals surface area (Å²) in [5.41, 5.74) is -0.623. The number of hydrogen-bond donors (Lipinski definition) is 1. The van der Waals surface area contributed by atoms with Crippen molar-refractivity contribution in [2.24, 2.45) is 11.8 Å². The van der Waals surface area contributed by atoms with E-state index in [1.165, 1.54) is 13.2 Å². The van der Waals surface area contributed by atoms with Crippen LogP contribution < -0.4 is 4.74 Å². The number of ketones is 1. The molecule has 1 N–H and O–H groups in total. The van der Waals surface area contributed by atoms with Crippen LogP contribution in [-0.2, 0) is 0 Å². The molecule has 0 aliphatic heterocycles. The number of rotatable bonds is 9. The number of aromatic hydroxyl groups is 1. The van der Waals surface area contributed by atoms with Gasteiger partial charge in [-0.1, -0.05) is 13.8 Å². The lowest BCUT2D eigenvalue weighted by molar-refractivity contribution is -0.385. The minimum Gasteiger partial charge on any atom is -0.504 e. The van der Waals surface area contributed by atoms with Gasteiger partial charge >= 0.3 is 0 Å². The van der Waals surface area contributed by atoms with Gasteiger partial charge in [0.05, 0.1) is 28.2 Å². The maximum Gasteiger partial charge on any atom is 0.284 e. The number of nitro benzene ring substituents is 1. The van der Waals surface area contributed by atoms with Gasteiger partial charge in [-0.3, -0.25) is 14.9 Å². The molecule has 1 aliphatic rings. The predicted octanol–water partition coefficient (Wildman–Crippen LogP) is 4.69. The number of hydrogen-bond acceptors (Lipinski definition) is 7. The number of alkyl halides is 1. The highest BCUT2D eigenvalue weighted by molar-refractivity contribution is 8.17. The average molecular weight is 418 g/mol. The normalized spacial score (nSPS) is 22.2. The molecule has 6 nitrogen and oxygen atoms in total. The highest BCUT2D eigenvalue weighted by Gasteiger charge is 2.44. The molecule has 9 heteroatoms. The highest BCUT2D eigenvalue weighted by atomic mass is 32.2. The van der Waals surface area contributed by atoms with E-state index in [0.717, 1.165) is 17.6 Å². The lowest BCUT2D eigenvalue weighted by atomic mass is 9.88. The van der Waals surface area contributed by atoms with Crippen LogP contribution in [0, 0.1) is 22.0 Å². The van der Waals surface area contributed by atoms with E-state index in [-0.39, 0.29) is 34.7 Å². The van der Waals surface area contributed by atoms with Crippen molar-refractivity contribution < 1.29 is 24.0 Å². The van der Waals surface area contributed by atoms with Gasteiger partial charge in [-0.15, -0.1) is 23.5 Å². The van der Waals surface area contributed by atoms with Crippen LogP contribution in [0.4, 0.5) is 10.1 Å². The molecule has 0 saturated heterocycles. The number of phenolic OH excluding ortho intramolecular Hbond substituents is 1. The Morgan fingerprint density at radius 1 is 1.37 bits per heavy atom. The summed E-state index contributed by atoms with van der Waals surface area (Å²) in [6.45, 7) is 4.03. The van der Waals surface area contributed by atoms with Crippen molar-refractivity contribution in [1.82, 2.24) is 0 Å². The summed E-state index contributed by atoms with van der Waals surface area (Å²) in [6.07, 6.45) is -0.752. The topological polar surface area (TPSA) is 89.7 Å². The second-order valence-corrected chi connectivity index (χ2v) is 9.42. The number of carbonyl (C=O) groups excluding carboxylic acids is 1. The molecule has 2 unspecified atom stereocenters. The predicted molar refractivity (Wildman–Crippen MR) is 107 cm³/mol. The molecule has 3 atom stereocenters. The van der Waals surface area contributed by atoms with Gasteiger partial charge in [0, 0.05) is 12.0 Å². The first-order valence-electron chi connectivity index (χ1n) is 8.80. The van der Waals surface area contributed by atoms with E-state index in [0.29, 0.717) is 0 Å². The molecule has 150 valence electrons. The number of thioether (sulfide) groups is 2. The van der Waals surface area contributed by atoms with Crippen molar-refractivity contribution in [3.8, 4) is 11.5 Å². The third-order valence-corrected chi connectivity index (χ3v) is 7.50. The molecule has 1 aromatic carbocycles. The number of Topliss-reactive ketones (excluding diaryl/α,β-unsaturated/α-hetero) is 1. The van der Waals surface area contributed by atoms with Gasteiger partial charge in [0.2, 0.25) is 0 Å². The van der Waals surface area contributed by atoms with Gasteiger partial charge in [-0.05, 0) is 30.3 Å². The minimum atomic E-state index is -1.10. The summed E-state index contributed by atoms with van der Waals surface area (Å²) in [5, 5.41) is 21.2. The lowest BCUT2D eigenvalue weighted by Gasteiger charge is -2.26. The van der Waals surface area contributed by atoms with E-state index in [1.807, 2.05) is 13.8 Å². The van der Waals surface area contributed by atoms with Crippen molar-refractivity contribution in [2.75, 3.05) is 18.6 Å². The van der Waals surface area contributed by atoms with Gasteiger partial charge in [0.1, 0.15) is 6.17 Å². The molecule has 1 fully saturated rings. The number of halogens is 1. The molecule has 1 aromatic rings. The molecule has 1 aliphatic carbocycles. The summed E-state index contributed by atoms with van der Waals surface area (Å²) in [6, 6.07) is 2.11. The first kappa shape index (κ1) is 21.8. The number of carbonyl (C=O) groups is 1. The molecule has 0 spiro atoms. The summed E-state index contributed by atoms with van der Waals surface area (Å²) < 4.78 is 19.3. The summed E-state index contributed by atoms with van der Waals surface area (Å²) in [4.78, 5) is 23.9. The Balaban J connectivity index is 2.43. The van der Waals surface area contributed by atoms with Gasteiger partial charge in [-0.25, -0.2) is 4.39 Å². The summed E-state index contributed by atoms with van der Waals surface area (Å²) in [7, 11) is 1.30. The largest absolute Gasteiger partial charge is 0.504 e. The smallest absolute Gasteiger partial charge is 0.284 e. The van der Waals surface area contributed by atoms with Crippen molar-refractivity contribution >= 4 is 35.0 Å². The zero-order chi connectivity index (χ0) is 20.1. The fourth-order valence-corrected chi connectivity index (χ4v) is 6.46. The second kappa shape index (κ2) is 9.64. The molecule has 1 saturated carbocycles. The molecular weight excluding hydrogens is 393 g/mol. The van der Waals surface area contributed by atoms with E-state index >= 15 is 0 Å². The number of ether oxygens (including phenoxy) is 1. The van der Waals surface area contributed by atoms with E-state index in [1.54, 1.807) is 23.5 Å². The van der Waals surface area contributed by atoms with Gasteiger partial charge in [-0.2, -0.15) is 0 Å². The molecular formula is C18H24FNO5S2. The van der Waals surface area contributed by atoms with Gasteiger partial charge in [0.25, 0.3) is 5.69 Å². The Morgan fingerprint density at radius 2 is 2.00 bits per heavy atom. The number of nitrogens with zero attached hydrogens (tertiary/aromatic N) is 1. The van der Waals surface area contributed by atoms with Gasteiger partial charge in [0.15, 0.2) is 17.3 Å². The Morgan fingerprint density at radius 3 is 2.52 bits per heavy atom. The van der Waals surface area contributed by atoms with E-state index in [9.17, 15) is 24.4 Å². The third kappa shape index (κ3) is 4.87. The number of phenols is 1. The van der Waals surface area contributed by atoms with Crippen LogP contribution in [-0.4, -0.2) is 45.2 Å². The Bertz CT molecular complexity index is 697. The van der Waals surface area contributed by atoms with Crippen LogP contribution in [0.1, 0.15) is 37.0 Å². The van der Waals surface area contributed by atoms with E-state index < -0.39 is 34.2 Å². The Labute approximate surface area is 166 Å². The van der Waals surface area contributed by atoms with Crippen LogP contribution in [0.15, 0.2) is 12.1 Å². The van der Waals surface area contributed by atoms with Crippen molar-refractivity contribution in [3.63, 3.8) is 0 Å². The standard InChI is InChI=1S/C18H24FNO5S2/c1-4-26-18(27-5-2)12-7-10(19)6-11(12)17(22)13-8-16(25-3)15(21)9-14(13)20(23)24/h8-12,18,21H,4-7H2,1-3H3/t10?,11?,12-/m1/s1. The summed E-state index contributed by atoms with van der Waals surface area (Å²) >= 11 is 3.37. The van der Waals surface area contributed by atoms with E-state index in [4.69, 9.17) is 4.74 Å². The fourth-order valence-electron chi connectivity index (χ4n) is 3.50. The lowest BCUT2D eigenvalue weighted by Crippen LogP contribution is -2.26. The molecule has 0 heterocycles. The fraction of sp³-hybridized carbons (Fsp3) is 0.611. The second-order valence-electron chi connectivity index (χ2n) is 6.28. The number of methoxy groups -OCH3 is 1. The average Bonchev–Trinajstić information content (AvgIpc) is 3.02. The highest BCUT2D eigenvalue weighted by Crippen LogP contribution is 2.47. The number of benzene rings is 1. The third-order valence-electron chi connectivity index (χ3n) is 4.66. The molecule has 0 amide bonds. The van der Waals surface area contributed by atoms with Gasteiger partial charge < -0.3 is 9.84 Å². The number of nitro groups is 1. The molecule has 0 aromatic heterocycles. The van der Waals surface area contributed by atoms with Crippen LogP contribution in [0.2, 0.25) is 0 Å². The van der Waals surface area contributed by atoms with Crippen LogP contribution in [0.5, 0.6) is 11.5 Å². The maximum absolute atomic E-state index is 14.2.